The molecule has 0 unspecified atom stereocenters. The van der Waals surface area contributed by atoms with Gasteiger partial charge < -0.3 is 15.5 Å². The summed E-state index contributed by atoms with van der Waals surface area (Å²) < 4.78 is 0. The van der Waals surface area contributed by atoms with Gasteiger partial charge in [0.15, 0.2) is 0 Å². The summed E-state index contributed by atoms with van der Waals surface area (Å²) >= 11 is 0. The summed E-state index contributed by atoms with van der Waals surface area (Å²) in [7, 11) is 0. The molecule has 1 aromatic carbocycles. The summed E-state index contributed by atoms with van der Waals surface area (Å²) in [5.41, 5.74) is 1.17. The highest BCUT2D eigenvalue weighted by Crippen LogP contribution is 2.19. The number of nitrogens with zero attached hydrogens (tertiary/aromatic N) is 3. The smallest absolute Gasteiger partial charge is 0.134 e. The lowest BCUT2D eigenvalue weighted by molar-refractivity contribution is 0.573. The number of hydrogen-bond donors (Lipinski definition) is 2. The van der Waals surface area contributed by atoms with Crippen molar-refractivity contribution in [3.05, 3.63) is 42.7 Å². The van der Waals surface area contributed by atoms with Crippen molar-refractivity contribution in [1.82, 2.24) is 9.97 Å². The molecule has 122 valence electrons. The van der Waals surface area contributed by atoms with Gasteiger partial charge in [-0.2, -0.15) is 0 Å². The van der Waals surface area contributed by atoms with E-state index in [1.165, 1.54) is 24.9 Å². The number of para-hydroxylation sites is 1. The SMILES string of the molecule is c1ccc(NCCCNc2cc(N3CCCCC3)ncn2)cc1. The molecule has 5 nitrogen and oxygen atoms in total. The minimum absolute atomic E-state index is 0.899. The Bertz CT molecular complexity index is 581. The molecule has 3 rings (SSSR count). The molecular formula is C18H25N5. The second-order valence-corrected chi connectivity index (χ2v) is 5.88. The van der Waals surface area contributed by atoms with Crippen LogP contribution in [0.25, 0.3) is 0 Å². The number of nitrogens with one attached hydrogen (secondary N) is 2. The van der Waals surface area contributed by atoms with E-state index in [0.717, 1.165) is 44.2 Å². The van der Waals surface area contributed by atoms with E-state index in [0.29, 0.717) is 0 Å². The molecular weight excluding hydrogens is 286 g/mol. The largest absolute Gasteiger partial charge is 0.385 e. The first-order valence-corrected chi connectivity index (χ1v) is 8.51. The van der Waals surface area contributed by atoms with E-state index in [1.807, 2.05) is 18.2 Å². The highest BCUT2D eigenvalue weighted by molar-refractivity contribution is 5.48. The molecule has 2 heterocycles. The van der Waals surface area contributed by atoms with Crippen LogP contribution in [0.15, 0.2) is 42.7 Å². The minimum atomic E-state index is 0.899. The summed E-state index contributed by atoms with van der Waals surface area (Å²) in [6.07, 6.45) is 6.56. The maximum absolute atomic E-state index is 4.41. The van der Waals surface area contributed by atoms with Crippen LogP contribution in [-0.2, 0) is 0 Å². The predicted molar refractivity (Wildman–Crippen MR) is 96.1 cm³/mol. The maximum atomic E-state index is 4.41. The van der Waals surface area contributed by atoms with Crippen molar-refractivity contribution in [1.29, 1.82) is 0 Å². The molecule has 0 bridgehead atoms. The van der Waals surface area contributed by atoms with Gasteiger partial charge >= 0.3 is 0 Å². The van der Waals surface area contributed by atoms with Gasteiger partial charge in [-0.05, 0) is 37.8 Å². The van der Waals surface area contributed by atoms with Gasteiger partial charge in [0.25, 0.3) is 0 Å². The third kappa shape index (κ3) is 4.84. The predicted octanol–water partition coefficient (Wildman–Crippen LogP) is 3.38. The van der Waals surface area contributed by atoms with Crippen molar-refractivity contribution in [2.45, 2.75) is 25.7 Å². The molecule has 1 saturated heterocycles. The van der Waals surface area contributed by atoms with Crippen LogP contribution in [-0.4, -0.2) is 36.1 Å². The zero-order chi connectivity index (χ0) is 15.7. The number of benzene rings is 1. The molecule has 0 atom stereocenters. The Labute approximate surface area is 138 Å². The van der Waals surface area contributed by atoms with E-state index in [2.05, 4.69) is 43.7 Å². The summed E-state index contributed by atoms with van der Waals surface area (Å²) in [5, 5.41) is 6.81. The van der Waals surface area contributed by atoms with Crippen LogP contribution in [0.4, 0.5) is 17.3 Å². The molecule has 1 aliphatic rings. The number of hydrogen-bond acceptors (Lipinski definition) is 5. The quantitative estimate of drug-likeness (QED) is 0.768. The third-order valence-corrected chi connectivity index (χ3v) is 4.10. The fourth-order valence-electron chi connectivity index (χ4n) is 2.83. The highest BCUT2D eigenvalue weighted by Gasteiger charge is 2.12. The summed E-state index contributed by atoms with van der Waals surface area (Å²) in [6.45, 7) is 4.06. The molecule has 1 aliphatic heterocycles. The van der Waals surface area contributed by atoms with Crippen LogP contribution in [0.2, 0.25) is 0 Å². The minimum Gasteiger partial charge on any atom is -0.385 e. The normalized spacial score (nSPS) is 14.5. The van der Waals surface area contributed by atoms with Crippen LogP contribution in [0.1, 0.15) is 25.7 Å². The molecule has 1 fully saturated rings. The second-order valence-electron chi connectivity index (χ2n) is 5.88. The van der Waals surface area contributed by atoms with Gasteiger partial charge in [-0.3, -0.25) is 0 Å². The maximum Gasteiger partial charge on any atom is 0.134 e. The Kier molecular flexibility index (Phi) is 5.67. The van der Waals surface area contributed by atoms with Gasteiger partial charge in [0.05, 0.1) is 0 Å². The monoisotopic (exact) mass is 311 g/mol. The lowest BCUT2D eigenvalue weighted by Gasteiger charge is -2.27. The lowest BCUT2D eigenvalue weighted by Crippen LogP contribution is -2.30. The van der Waals surface area contributed by atoms with Crippen molar-refractivity contribution in [3.63, 3.8) is 0 Å². The highest BCUT2D eigenvalue weighted by atomic mass is 15.2. The first-order chi connectivity index (χ1) is 11.4. The van der Waals surface area contributed by atoms with Gasteiger partial charge in [0.1, 0.15) is 18.0 Å². The third-order valence-electron chi connectivity index (χ3n) is 4.10. The first kappa shape index (κ1) is 15.6. The lowest BCUT2D eigenvalue weighted by atomic mass is 10.1. The molecule has 5 heteroatoms. The summed E-state index contributed by atoms with van der Waals surface area (Å²) in [5.74, 6) is 1.96. The van der Waals surface area contributed by atoms with Crippen molar-refractivity contribution < 1.29 is 0 Å². The Morgan fingerprint density at radius 3 is 2.52 bits per heavy atom. The topological polar surface area (TPSA) is 53.1 Å². The standard InChI is InChI=1S/C18H25N5/c1-3-8-16(9-4-1)19-10-7-11-20-17-14-18(22-15-21-17)23-12-5-2-6-13-23/h1,3-4,8-9,14-15,19H,2,5-7,10-13H2,(H,20,21,22). The number of piperidine rings is 1. The average molecular weight is 311 g/mol. The van der Waals surface area contributed by atoms with Crippen LogP contribution >= 0.6 is 0 Å². The van der Waals surface area contributed by atoms with Crippen molar-refractivity contribution in [3.8, 4) is 0 Å². The van der Waals surface area contributed by atoms with E-state index in [4.69, 9.17) is 0 Å². The van der Waals surface area contributed by atoms with Gasteiger partial charge in [0, 0.05) is 37.9 Å². The van der Waals surface area contributed by atoms with Gasteiger partial charge in [-0.15, -0.1) is 0 Å². The molecule has 0 radical (unpaired) electrons. The zero-order valence-electron chi connectivity index (χ0n) is 13.5. The van der Waals surface area contributed by atoms with Gasteiger partial charge in [0.2, 0.25) is 0 Å². The van der Waals surface area contributed by atoms with Crippen LogP contribution in [0.3, 0.4) is 0 Å². The van der Waals surface area contributed by atoms with Crippen LogP contribution < -0.4 is 15.5 Å². The van der Waals surface area contributed by atoms with Gasteiger partial charge in [-0.25, -0.2) is 9.97 Å². The Morgan fingerprint density at radius 2 is 1.70 bits per heavy atom. The average Bonchev–Trinajstić information content (AvgIpc) is 2.63. The van der Waals surface area contributed by atoms with E-state index in [1.54, 1.807) is 6.33 Å². The van der Waals surface area contributed by atoms with Crippen LogP contribution in [0.5, 0.6) is 0 Å². The molecule has 0 spiro atoms. The molecule has 1 aromatic heterocycles. The second kappa shape index (κ2) is 8.36. The molecule has 0 amide bonds. The van der Waals surface area contributed by atoms with Crippen molar-refractivity contribution in [2.24, 2.45) is 0 Å². The molecule has 23 heavy (non-hydrogen) atoms. The van der Waals surface area contributed by atoms with Crippen LogP contribution in [0, 0.1) is 0 Å². The number of rotatable bonds is 7. The van der Waals surface area contributed by atoms with E-state index >= 15 is 0 Å². The van der Waals surface area contributed by atoms with E-state index in [9.17, 15) is 0 Å². The van der Waals surface area contributed by atoms with E-state index < -0.39 is 0 Å². The summed E-state index contributed by atoms with van der Waals surface area (Å²) in [4.78, 5) is 11.1. The number of aromatic nitrogens is 2. The van der Waals surface area contributed by atoms with Crippen molar-refractivity contribution in [2.75, 3.05) is 41.7 Å². The van der Waals surface area contributed by atoms with E-state index in [-0.39, 0.29) is 0 Å². The fourth-order valence-corrected chi connectivity index (χ4v) is 2.83. The Balaban J connectivity index is 1.41. The van der Waals surface area contributed by atoms with Crippen molar-refractivity contribution >= 4 is 17.3 Å². The Hall–Kier alpha value is -2.30. The molecule has 2 N–H and O–H groups in total. The summed E-state index contributed by atoms with van der Waals surface area (Å²) in [6, 6.07) is 12.4. The molecule has 0 saturated carbocycles. The fraction of sp³-hybridized carbons (Fsp3) is 0.444. The van der Waals surface area contributed by atoms with Gasteiger partial charge in [-0.1, -0.05) is 18.2 Å². The molecule has 2 aromatic rings. The first-order valence-electron chi connectivity index (χ1n) is 8.51. The zero-order valence-corrected chi connectivity index (χ0v) is 13.5. The Morgan fingerprint density at radius 1 is 0.913 bits per heavy atom. The number of anilines is 3. The molecule has 0 aliphatic carbocycles.